The van der Waals surface area contributed by atoms with Gasteiger partial charge in [0.25, 0.3) is 0 Å². The van der Waals surface area contributed by atoms with Gasteiger partial charge in [-0.05, 0) is 37.9 Å². The van der Waals surface area contributed by atoms with Gasteiger partial charge in [0.1, 0.15) is 0 Å². The van der Waals surface area contributed by atoms with Crippen LogP contribution in [0.2, 0.25) is 0 Å². The van der Waals surface area contributed by atoms with Gasteiger partial charge in [0.2, 0.25) is 11.8 Å². The fourth-order valence-electron chi connectivity index (χ4n) is 3.68. The molecule has 2 N–H and O–H groups in total. The van der Waals surface area contributed by atoms with Crippen molar-refractivity contribution in [2.75, 3.05) is 50.7 Å². The molecule has 0 aromatic heterocycles. The van der Waals surface area contributed by atoms with Crippen molar-refractivity contribution in [3.63, 3.8) is 0 Å². The zero-order chi connectivity index (χ0) is 18.2. The van der Waals surface area contributed by atoms with Crippen molar-refractivity contribution in [2.24, 2.45) is 5.92 Å². The number of piperazine rings is 1. The summed E-state index contributed by atoms with van der Waals surface area (Å²) in [4.78, 5) is 28.7. The van der Waals surface area contributed by atoms with Gasteiger partial charge in [-0.25, -0.2) is 0 Å². The van der Waals surface area contributed by atoms with Gasteiger partial charge in [0.05, 0.1) is 5.92 Å². The summed E-state index contributed by atoms with van der Waals surface area (Å²) in [5.41, 5.74) is 1.22. The highest BCUT2D eigenvalue weighted by Gasteiger charge is 2.22. The first-order valence-corrected chi connectivity index (χ1v) is 9.80. The molecule has 1 atom stereocenters. The van der Waals surface area contributed by atoms with E-state index >= 15 is 0 Å². The number of hydrogen-bond acceptors (Lipinski definition) is 4. The number of anilines is 1. The van der Waals surface area contributed by atoms with Gasteiger partial charge in [0, 0.05) is 51.4 Å². The average molecular weight is 431 g/mol. The smallest absolute Gasteiger partial charge is 0.224 e. The van der Waals surface area contributed by atoms with Crippen molar-refractivity contribution in [1.82, 2.24) is 15.5 Å². The molecule has 1 aromatic carbocycles. The zero-order valence-electron chi connectivity index (χ0n) is 16.3. The highest BCUT2D eigenvalue weighted by atomic mass is 35.5. The van der Waals surface area contributed by atoms with Gasteiger partial charge in [-0.3, -0.25) is 9.59 Å². The molecule has 2 heterocycles. The second-order valence-electron chi connectivity index (χ2n) is 7.14. The van der Waals surface area contributed by atoms with Crippen LogP contribution in [0.5, 0.6) is 0 Å². The molecule has 0 aliphatic carbocycles. The fraction of sp³-hybridized carbons (Fsp3) is 0.600. The van der Waals surface area contributed by atoms with Gasteiger partial charge in [0.15, 0.2) is 0 Å². The van der Waals surface area contributed by atoms with E-state index in [0.29, 0.717) is 19.4 Å². The van der Waals surface area contributed by atoms with Crippen LogP contribution in [0.3, 0.4) is 0 Å². The Balaban J connectivity index is 0.00000196. The second kappa shape index (κ2) is 12.9. The van der Waals surface area contributed by atoms with E-state index in [9.17, 15) is 9.59 Å². The molecule has 2 aliphatic heterocycles. The van der Waals surface area contributed by atoms with Crippen molar-refractivity contribution >= 4 is 42.3 Å². The van der Waals surface area contributed by atoms with Gasteiger partial charge < -0.3 is 20.4 Å². The van der Waals surface area contributed by atoms with E-state index in [0.717, 1.165) is 52.1 Å². The summed E-state index contributed by atoms with van der Waals surface area (Å²) in [7, 11) is 0. The lowest BCUT2D eigenvalue weighted by molar-refractivity contribution is -0.132. The summed E-state index contributed by atoms with van der Waals surface area (Å²) in [6.45, 7) is 5.67. The Morgan fingerprint density at radius 3 is 2.43 bits per heavy atom. The van der Waals surface area contributed by atoms with E-state index in [4.69, 9.17) is 0 Å². The molecular formula is C20H32Cl2N4O2. The van der Waals surface area contributed by atoms with Crippen LogP contribution in [-0.4, -0.2) is 62.5 Å². The normalized spacial score (nSPS) is 19.2. The number of halogens is 2. The molecule has 0 radical (unpaired) electrons. The highest BCUT2D eigenvalue weighted by Crippen LogP contribution is 2.16. The predicted octanol–water partition coefficient (Wildman–Crippen LogP) is 2.07. The molecular weight excluding hydrogens is 399 g/mol. The Bertz CT molecular complexity index is 589. The van der Waals surface area contributed by atoms with Crippen LogP contribution in [0.25, 0.3) is 0 Å². The maximum absolute atomic E-state index is 12.4. The lowest BCUT2D eigenvalue weighted by Crippen LogP contribution is -2.48. The van der Waals surface area contributed by atoms with Crippen LogP contribution in [0.15, 0.2) is 30.3 Å². The van der Waals surface area contributed by atoms with Crippen LogP contribution in [-0.2, 0) is 9.59 Å². The number of carbonyl (C=O) groups excluding carboxylic acids is 2. The first kappa shape index (κ1) is 24.5. The van der Waals surface area contributed by atoms with E-state index in [1.54, 1.807) is 0 Å². The van der Waals surface area contributed by atoms with E-state index < -0.39 is 0 Å². The summed E-state index contributed by atoms with van der Waals surface area (Å²) in [6.07, 6.45) is 3.24. The quantitative estimate of drug-likeness (QED) is 0.677. The van der Waals surface area contributed by atoms with Crippen LogP contribution in [0, 0.1) is 5.92 Å². The summed E-state index contributed by atoms with van der Waals surface area (Å²) >= 11 is 0. The standard InChI is InChI=1S/C20H30N4O2.2ClH/c25-19(9-5-11-22-20(26)17-6-4-10-21-16-17)24-14-12-23(13-15-24)18-7-2-1-3-8-18;;/h1-3,7-8,17,21H,4-6,9-16H2,(H,22,26);2*1H. The average Bonchev–Trinajstić information content (AvgIpc) is 2.72. The molecule has 6 nitrogen and oxygen atoms in total. The van der Waals surface area contributed by atoms with Crippen molar-refractivity contribution in [3.8, 4) is 0 Å². The Labute approximate surface area is 180 Å². The minimum absolute atomic E-state index is 0. The van der Waals surface area contributed by atoms with Crippen LogP contribution >= 0.6 is 24.8 Å². The summed E-state index contributed by atoms with van der Waals surface area (Å²) in [5, 5.41) is 6.24. The number of benzene rings is 1. The van der Waals surface area contributed by atoms with Crippen molar-refractivity contribution < 1.29 is 9.59 Å². The molecule has 158 valence electrons. The molecule has 28 heavy (non-hydrogen) atoms. The first-order valence-electron chi connectivity index (χ1n) is 9.80. The van der Waals surface area contributed by atoms with E-state index in [2.05, 4.69) is 27.7 Å². The molecule has 0 bridgehead atoms. The van der Waals surface area contributed by atoms with Gasteiger partial charge in [-0.1, -0.05) is 18.2 Å². The monoisotopic (exact) mass is 430 g/mol. The molecule has 0 saturated carbocycles. The highest BCUT2D eigenvalue weighted by molar-refractivity contribution is 5.85. The van der Waals surface area contributed by atoms with Gasteiger partial charge in [-0.2, -0.15) is 0 Å². The number of nitrogens with one attached hydrogen (secondary N) is 2. The largest absolute Gasteiger partial charge is 0.368 e. The van der Waals surface area contributed by atoms with Gasteiger partial charge >= 0.3 is 0 Å². The predicted molar refractivity (Wildman–Crippen MR) is 118 cm³/mol. The topological polar surface area (TPSA) is 64.7 Å². The van der Waals surface area contributed by atoms with Crippen LogP contribution in [0.4, 0.5) is 5.69 Å². The minimum atomic E-state index is 0. The molecule has 2 saturated heterocycles. The molecule has 1 aromatic rings. The molecule has 2 fully saturated rings. The van der Waals surface area contributed by atoms with Crippen molar-refractivity contribution in [1.29, 1.82) is 0 Å². The van der Waals surface area contributed by atoms with E-state index in [-0.39, 0.29) is 42.5 Å². The Kier molecular flexibility index (Phi) is 11.3. The maximum Gasteiger partial charge on any atom is 0.224 e. The Hall–Kier alpha value is -1.50. The minimum Gasteiger partial charge on any atom is -0.368 e. The van der Waals surface area contributed by atoms with Crippen molar-refractivity contribution in [3.05, 3.63) is 30.3 Å². The van der Waals surface area contributed by atoms with Crippen LogP contribution < -0.4 is 15.5 Å². The summed E-state index contributed by atoms with van der Waals surface area (Å²) in [5.74, 6) is 0.415. The third-order valence-corrected chi connectivity index (χ3v) is 5.29. The third kappa shape index (κ3) is 7.15. The number of piperidine rings is 1. The fourth-order valence-corrected chi connectivity index (χ4v) is 3.68. The summed E-state index contributed by atoms with van der Waals surface area (Å²) in [6, 6.07) is 10.3. The Morgan fingerprint density at radius 1 is 1.07 bits per heavy atom. The molecule has 3 rings (SSSR count). The Morgan fingerprint density at radius 2 is 1.79 bits per heavy atom. The summed E-state index contributed by atoms with van der Waals surface area (Å²) < 4.78 is 0. The molecule has 2 amide bonds. The van der Waals surface area contributed by atoms with E-state index in [1.807, 2.05) is 23.1 Å². The molecule has 8 heteroatoms. The number of carbonyl (C=O) groups is 2. The lowest BCUT2D eigenvalue weighted by Gasteiger charge is -2.36. The number of rotatable bonds is 6. The number of para-hydroxylation sites is 1. The lowest BCUT2D eigenvalue weighted by atomic mass is 9.99. The third-order valence-electron chi connectivity index (χ3n) is 5.29. The van der Waals surface area contributed by atoms with Gasteiger partial charge in [-0.15, -0.1) is 24.8 Å². The van der Waals surface area contributed by atoms with Crippen LogP contribution in [0.1, 0.15) is 25.7 Å². The van der Waals surface area contributed by atoms with E-state index in [1.165, 1.54) is 5.69 Å². The second-order valence-corrected chi connectivity index (χ2v) is 7.14. The SMILES string of the molecule is Cl.Cl.O=C(NCCCC(=O)N1CCN(c2ccccc2)CC1)C1CCCNC1. The zero-order valence-corrected chi connectivity index (χ0v) is 17.9. The number of amides is 2. The number of hydrogen-bond donors (Lipinski definition) is 2. The first-order chi connectivity index (χ1) is 12.7. The molecule has 2 aliphatic rings. The maximum atomic E-state index is 12.4. The molecule has 0 spiro atoms. The molecule has 1 unspecified atom stereocenters. The number of nitrogens with zero attached hydrogens (tertiary/aromatic N) is 2. The van der Waals surface area contributed by atoms with Crippen molar-refractivity contribution in [2.45, 2.75) is 25.7 Å².